The lowest BCUT2D eigenvalue weighted by Gasteiger charge is -2.04. The molecular weight excluding hydrogens is 312 g/mol. The van der Waals surface area contributed by atoms with Gasteiger partial charge in [0.15, 0.2) is 5.82 Å². The molecule has 4 nitrogen and oxygen atoms in total. The maximum atomic E-state index is 10.4. The van der Waals surface area contributed by atoms with Crippen molar-refractivity contribution in [2.24, 2.45) is 0 Å². The van der Waals surface area contributed by atoms with Crippen LogP contribution in [-0.4, -0.2) is 21.0 Å². The molecule has 0 radical (unpaired) electrons. The Hall–Kier alpha value is -2.75. The lowest BCUT2D eigenvalue weighted by atomic mass is 10.1. The molecule has 25 heavy (non-hydrogen) atoms. The number of unbranched alkanes of at least 4 members (excludes halogenated alkanes) is 2. The van der Waals surface area contributed by atoms with Gasteiger partial charge >= 0.3 is 5.97 Å². The fourth-order valence-corrected chi connectivity index (χ4v) is 2.42. The highest BCUT2D eigenvalue weighted by atomic mass is 16.4. The number of aryl methyl sites for hydroxylation is 1. The highest BCUT2D eigenvalue weighted by Gasteiger charge is 2.02. The zero-order valence-electron chi connectivity index (χ0n) is 14.6. The van der Waals surface area contributed by atoms with E-state index in [-0.39, 0.29) is 0 Å². The third-order valence-corrected chi connectivity index (χ3v) is 3.83. The Morgan fingerprint density at radius 1 is 1.04 bits per heavy atom. The largest absolute Gasteiger partial charge is 0.478 e. The molecular formula is C21H24N2O2. The van der Waals surface area contributed by atoms with Crippen molar-refractivity contribution >= 4 is 5.97 Å². The highest BCUT2D eigenvalue weighted by molar-refractivity contribution is 5.80. The summed E-state index contributed by atoms with van der Waals surface area (Å²) in [6.45, 7) is 2.20. The smallest absolute Gasteiger partial charge is 0.328 e. The summed E-state index contributed by atoms with van der Waals surface area (Å²) in [6, 6.07) is 8.11. The van der Waals surface area contributed by atoms with Crippen molar-refractivity contribution in [3.05, 3.63) is 72.1 Å². The minimum Gasteiger partial charge on any atom is -0.478 e. The first-order valence-corrected chi connectivity index (χ1v) is 8.65. The van der Waals surface area contributed by atoms with E-state index in [1.165, 1.54) is 30.9 Å². The second-order valence-electron chi connectivity index (χ2n) is 5.90. The van der Waals surface area contributed by atoms with Gasteiger partial charge in [-0.15, -0.1) is 0 Å². The van der Waals surface area contributed by atoms with Crippen LogP contribution in [0.4, 0.5) is 0 Å². The van der Waals surface area contributed by atoms with Crippen molar-refractivity contribution in [2.45, 2.75) is 39.0 Å². The minimum absolute atomic E-state index is 0.741. The summed E-state index contributed by atoms with van der Waals surface area (Å²) < 4.78 is 0. The van der Waals surface area contributed by atoms with Gasteiger partial charge in [-0.2, -0.15) is 0 Å². The van der Waals surface area contributed by atoms with Gasteiger partial charge in [-0.25, -0.2) is 14.8 Å². The van der Waals surface area contributed by atoms with Crippen molar-refractivity contribution in [3.8, 4) is 11.4 Å². The molecule has 1 heterocycles. The molecule has 0 aliphatic carbocycles. The molecule has 4 heteroatoms. The maximum Gasteiger partial charge on any atom is 0.328 e. The summed E-state index contributed by atoms with van der Waals surface area (Å²) in [4.78, 5) is 19.3. The number of aliphatic carboxylic acids is 1. The SMILES string of the molecule is CCCCCc1cnc(-c2ccc(CC=CC=CC(=O)O)cc2)nc1. The number of allylic oxidation sites excluding steroid dienone is 3. The van der Waals surface area contributed by atoms with Gasteiger partial charge in [-0.1, -0.05) is 62.3 Å². The normalized spacial score (nSPS) is 11.4. The third-order valence-electron chi connectivity index (χ3n) is 3.83. The average molecular weight is 336 g/mol. The molecule has 0 unspecified atom stereocenters. The molecule has 0 amide bonds. The summed E-state index contributed by atoms with van der Waals surface area (Å²) in [7, 11) is 0. The van der Waals surface area contributed by atoms with Crippen molar-refractivity contribution in [2.75, 3.05) is 0 Å². The number of carboxylic acids is 1. The molecule has 2 rings (SSSR count). The predicted molar refractivity (Wildman–Crippen MR) is 100 cm³/mol. The Bertz CT molecular complexity index is 717. The topological polar surface area (TPSA) is 63.1 Å². The Balaban J connectivity index is 1.91. The van der Waals surface area contributed by atoms with Gasteiger partial charge in [0, 0.05) is 24.0 Å². The third kappa shape index (κ3) is 6.71. The first-order valence-electron chi connectivity index (χ1n) is 8.65. The molecule has 0 atom stereocenters. The molecule has 0 saturated heterocycles. The fraction of sp³-hybridized carbons (Fsp3) is 0.286. The van der Waals surface area contributed by atoms with E-state index in [0.29, 0.717) is 0 Å². The van der Waals surface area contributed by atoms with Crippen LogP contribution in [-0.2, 0) is 17.6 Å². The van der Waals surface area contributed by atoms with Gasteiger partial charge in [-0.3, -0.25) is 0 Å². The molecule has 2 aromatic rings. The van der Waals surface area contributed by atoms with Crippen molar-refractivity contribution in [3.63, 3.8) is 0 Å². The van der Waals surface area contributed by atoms with E-state index >= 15 is 0 Å². The van der Waals surface area contributed by atoms with Gasteiger partial charge < -0.3 is 5.11 Å². The van der Waals surface area contributed by atoms with E-state index in [4.69, 9.17) is 5.11 Å². The van der Waals surface area contributed by atoms with Gasteiger partial charge in [0.1, 0.15) is 0 Å². The summed E-state index contributed by atoms with van der Waals surface area (Å²) in [6.07, 6.45) is 15.6. The van der Waals surface area contributed by atoms with Crippen molar-refractivity contribution in [1.29, 1.82) is 0 Å². The number of nitrogens with zero attached hydrogens (tertiary/aromatic N) is 2. The van der Waals surface area contributed by atoms with E-state index in [1.54, 1.807) is 6.08 Å². The summed E-state index contributed by atoms with van der Waals surface area (Å²) in [5.41, 5.74) is 3.34. The summed E-state index contributed by atoms with van der Waals surface area (Å²) >= 11 is 0. The van der Waals surface area contributed by atoms with Crippen LogP contribution in [0.3, 0.4) is 0 Å². The van der Waals surface area contributed by atoms with E-state index in [9.17, 15) is 4.79 Å². The molecule has 0 saturated carbocycles. The van der Waals surface area contributed by atoms with E-state index in [1.807, 2.05) is 42.7 Å². The predicted octanol–water partition coefficient (Wildman–Crippen LogP) is 4.62. The molecule has 130 valence electrons. The molecule has 0 aliphatic heterocycles. The lowest BCUT2D eigenvalue weighted by molar-refractivity contribution is -0.131. The van der Waals surface area contributed by atoms with Crippen LogP contribution in [0.2, 0.25) is 0 Å². The monoisotopic (exact) mass is 336 g/mol. The number of hydrogen-bond donors (Lipinski definition) is 1. The minimum atomic E-state index is -0.939. The molecule has 1 N–H and O–H groups in total. The first-order chi connectivity index (χ1) is 12.2. The van der Waals surface area contributed by atoms with Gasteiger partial charge in [-0.05, 0) is 30.4 Å². The van der Waals surface area contributed by atoms with Crippen LogP contribution in [0.5, 0.6) is 0 Å². The molecule has 0 spiro atoms. The summed E-state index contributed by atoms with van der Waals surface area (Å²) in [5, 5.41) is 8.51. The number of rotatable bonds is 9. The zero-order chi connectivity index (χ0) is 17.9. The molecule has 1 aromatic heterocycles. The molecule has 0 bridgehead atoms. The van der Waals surface area contributed by atoms with Crippen molar-refractivity contribution in [1.82, 2.24) is 9.97 Å². The molecule has 0 fully saturated rings. The van der Waals surface area contributed by atoms with Gasteiger partial charge in [0.25, 0.3) is 0 Å². The molecule has 1 aromatic carbocycles. The summed E-state index contributed by atoms with van der Waals surface area (Å²) in [5.74, 6) is -0.198. The van der Waals surface area contributed by atoms with E-state index in [0.717, 1.165) is 35.9 Å². The Morgan fingerprint density at radius 3 is 2.40 bits per heavy atom. The van der Waals surface area contributed by atoms with Crippen LogP contribution in [0.1, 0.15) is 37.3 Å². The van der Waals surface area contributed by atoms with Crippen LogP contribution < -0.4 is 0 Å². The highest BCUT2D eigenvalue weighted by Crippen LogP contribution is 2.16. The quantitative estimate of drug-likeness (QED) is 0.412. The van der Waals surface area contributed by atoms with Gasteiger partial charge in [0.05, 0.1) is 0 Å². The van der Waals surface area contributed by atoms with Crippen LogP contribution in [0, 0.1) is 0 Å². The van der Waals surface area contributed by atoms with E-state index < -0.39 is 5.97 Å². The number of benzene rings is 1. The van der Waals surface area contributed by atoms with Crippen LogP contribution in [0.25, 0.3) is 11.4 Å². The second-order valence-corrected chi connectivity index (χ2v) is 5.90. The first kappa shape index (κ1) is 18.6. The Kier molecular flexibility index (Phi) is 7.57. The fourth-order valence-electron chi connectivity index (χ4n) is 2.42. The number of carbonyl (C=O) groups is 1. The Morgan fingerprint density at radius 2 is 1.76 bits per heavy atom. The number of aromatic nitrogens is 2. The average Bonchev–Trinajstić information content (AvgIpc) is 2.63. The maximum absolute atomic E-state index is 10.4. The lowest BCUT2D eigenvalue weighted by Crippen LogP contribution is -1.93. The standard InChI is InChI=1S/C21H24N2O2/c1-2-3-5-9-18-15-22-21(23-16-18)19-13-11-17(12-14-19)8-6-4-7-10-20(24)25/h4,6-7,10-16H,2-3,5,8-9H2,1H3,(H,24,25). The number of hydrogen-bond acceptors (Lipinski definition) is 3. The van der Waals surface area contributed by atoms with Gasteiger partial charge in [0.2, 0.25) is 0 Å². The van der Waals surface area contributed by atoms with Crippen molar-refractivity contribution < 1.29 is 9.90 Å². The molecule has 0 aliphatic rings. The number of carboxylic acid groups (broad SMARTS) is 1. The van der Waals surface area contributed by atoms with Crippen LogP contribution >= 0.6 is 0 Å². The van der Waals surface area contributed by atoms with Crippen LogP contribution in [0.15, 0.2) is 61.0 Å². The Labute approximate surface area is 149 Å². The van der Waals surface area contributed by atoms with E-state index in [2.05, 4.69) is 16.9 Å². The second kappa shape index (κ2) is 10.2. The zero-order valence-corrected chi connectivity index (χ0v) is 14.6.